The monoisotopic (exact) mass is 307 g/mol. The molecule has 0 radical (unpaired) electrons. The average molecular weight is 307 g/mol. The van der Waals surface area contributed by atoms with Gasteiger partial charge in [0.15, 0.2) is 12.2 Å². The third-order valence-corrected chi connectivity index (χ3v) is 3.80. The second-order valence-electron chi connectivity index (χ2n) is 5.41. The Labute approximate surface area is 134 Å². The van der Waals surface area contributed by atoms with Crippen LogP contribution in [0.25, 0.3) is 16.7 Å². The fourth-order valence-electron chi connectivity index (χ4n) is 2.65. The molecule has 0 fully saturated rings. The summed E-state index contributed by atoms with van der Waals surface area (Å²) < 4.78 is 11.4. The van der Waals surface area contributed by atoms with Crippen LogP contribution in [0.2, 0.25) is 0 Å². The van der Waals surface area contributed by atoms with E-state index in [4.69, 9.17) is 9.15 Å². The van der Waals surface area contributed by atoms with E-state index in [0.717, 1.165) is 36.3 Å². The van der Waals surface area contributed by atoms with Crippen LogP contribution >= 0.6 is 0 Å². The lowest BCUT2D eigenvalue weighted by Crippen LogP contribution is -2.20. The number of hydrogen-bond donors (Lipinski definition) is 1. The molecule has 0 amide bonds. The van der Waals surface area contributed by atoms with Crippen molar-refractivity contribution in [3.63, 3.8) is 0 Å². The van der Waals surface area contributed by atoms with Crippen LogP contribution in [-0.4, -0.2) is 23.1 Å². The van der Waals surface area contributed by atoms with E-state index in [2.05, 4.69) is 21.4 Å². The summed E-state index contributed by atoms with van der Waals surface area (Å²) >= 11 is 0. The first-order valence-corrected chi connectivity index (χ1v) is 7.73. The van der Waals surface area contributed by atoms with Gasteiger partial charge in [0.1, 0.15) is 5.52 Å². The number of nitrogens with one attached hydrogen (secondary N) is 1. The molecular weight excluding hydrogens is 290 g/mol. The zero-order valence-corrected chi connectivity index (χ0v) is 12.7. The van der Waals surface area contributed by atoms with Crippen LogP contribution in [0.15, 0.2) is 53.0 Å². The van der Waals surface area contributed by atoms with Gasteiger partial charge in [-0.3, -0.25) is 0 Å². The molecule has 0 saturated heterocycles. The highest BCUT2D eigenvalue weighted by molar-refractivity contribution is 5.72. The van der Waals surface area contributed by atoms with Crippen LogP contribution in [0.5, 0.6) is 5.88 Å². The second kappa shape index (κ2) is 6.22. The minimum Gasteiger partial charge on any atom is -0.468 e. The molecule has 5 nitrogen and oxygen atoms in total. The van der Waals surface area contributed by atoms with E-state index in [-0.39, 0.29) is 6.61 Å². The number of hydrogen-bond acceptors (Lipinski definition) is 5. The maximum Gasteiger partial charge on any atom is 0.233 e. The van der Waals surface area contributed by atoms with E-state index in [1.165, 1.54) is 5.57 Å². The topological polar surface area (TPSA) is 60.2 Å². The summed E-state index contributed by atoms with van der Waals surface area (Å²) in [5, 5.41) is 3.30. The van der Waals surface area contributed by atoms with E-state index < -0.39 is 0 Å². The number of rotatable bonds is 4. The van der Waals surface area contributed by atoms with Crippen molar-refractivity contribution >= 4 is 16.7 Å². The van der Waals surface area contributed by atoms with Gasteiger partial charge in [-0.1, -0.05) is 24.3 Å². The molecule has 0 aliphatic carbocycles. The molecule has 4 rings (SSSR count). The normalized spacial score (nSPS) is 14.7. The smallest absolute Gasteiger partial charge is 0.233 e. The first-order valence-electron chi connectivity index (χ1n) is 7.73. The van der Waals surface area contributed by atoms with E-state index in [1.54, 1.807) is 0 Å². The Balaban J connectivity index is 1.49. The van der Waals surface area contributed by atoms with Crippen LogP contribution < -0.4 is 10.1 Å². The van der Waals surface area contributed by atoms with Gasteiger partial charge in [-0.25, -0.2) is 9.97 Å². The van der Waals surface area contributed by atoms with Crippen LogP contribution in [0.4, 0.5) is 0 Å². The first kappa shape index (κ1) is 14.0. The highest BCUT2D eigenvalue weighted by Crippen LogP contribution is 2.21. The summed E-state index contributed by atoms with van der Waals surface area (Å²) in [5.74, 6) is 1.14. The van der Waals surface area contributed by atoms with Crippen molar-refractivity contribution in [3.05, 3.63) is 60.1 Å². The van der Waals surface area contributed by atoms with Crippen LogP contribution in [0, 0.1) is 0 Å². The van der Waals surface area contributed by atoms with Crippen molar-refractivity contribution in [3.8, 4) is 5.88 Å². The molecule has 3 aromatic rings. The number of ether oxygens (including phenoxy) is 1. The fourth-order valence-corrected chi connectivity index (χ4v) is 2.65. The molecule has 0 unspecified atom stereocenters. The number of benzene rings is 1. The number of oxazole rings is 1. The van der Waals surface area contributed by atoms with Crippen molar-refractivity contribution in [1.82, 2.24) is 15.3 Å². The van der Waals surface area contributed by atoms with Crippen LogP contribution in [0.1, 0.15) is 18.0 Å². The standard InChI is InChI=1S/C18H17N3O2/c1-2-6-16-15(4-1)21-18(23-16)12-22-17-7-3-5-14(20-17)13-8-10-19-11-9-13/h1-8,19H,9-12H2. The fraction of sp³-hybridized carbons (Fsp3) is 0.222. The lowest BCUT2D eigenvalue weighted by atomic mass is 10.1. The molecule has 0 saturated carbocycles. The van der Waals surface area contributed by atoms with Gasteiger partial charge in [-0.2, -0.15) is 0 Å². The van der Waals surface area contributed by atoms with Crippen molar-refractivity contribution in [2.45, 2.75) is 13.0 Å². The Bertz CT molecular complexity index is 821. The Kier molecular flexibility index (Phi) is 3.78. The molecule has 1 aromatic carbocycles. The molecule has 0 bridgehead atoms. The highest BCUT2D eigenvalue weighted by atomic mass is 16.5. The minimum absolute atomic E-state index is 0.270. The number of aromatic nitrogens is 2. The zero-order chi connectivity index (χ0) is 15.5. The lowest BCUT2D eigenvalue weighted by molar-refractivity contribution is 0.257. The molecule has 5 heteroatoms. The highest BCUT2D eigenvalue weighted by Gasteiger charge is 2.09. The second-order valence-corrected chi connectivity index (χ2v) is 5.41. The van der Waals surface area contributed by atoms with Gasteiger partial charge in [0, 0.05) is 12.6 Å². The molecule has 1 aliphatic heterocycles. The summed E-state index contributed by atoms with van der Waals surface area (Å²) in [7, 11) is 0. The van der Waals surface area contributed by atoms with E-state index in [9.17, 15) is 0 Å². The van der Waals surface area contributed by atoms with Gasteiger partial charge >= 0.3 is 0 Å². The van der Waals surface area contributed by atoms with Gasteiger partial charge in [-0.05, 0) is 36.7 Å². The third-order valence-electron chi connectivity index (χ3n) is 3.80. The van der Waals surface area contributed by atoms with Gasteiger partial charge in [-0.15, -0.1) is 0 Å². The number of pyridine rings is 1. The predicted octanol–water partition coefficient (Wildman–Crippen LogP) is 3.18. The average Bonchev–Trinajstić information content (AvgIpc) is 3.04. The largest absolute Gasteiger partial charge is 0.468 e. The Morgan fingerprint density at radius 1 is 1.09 bits per heavy atom. The van der Waals surface area contributed by atoms with Crippen molar-refractivity contribution in [2.75, 3.05) is 13.1 Å². The van der Waals surface area contributed by atoms with Gasteiger partial charge in [0.05, 0.1) is 5.69 Å². The molecule has 1 N–H and O–H groups in total. The molecule has 116 valence electrons. The number of para-hydroxylation sites is 2. The Morgan fingerprint density at radius 2 is 2.04 bits per heavy atom. The predicted molar refractivity (Wildman–Crippen MR) is 88.0 cm³/mol. The molecule has 2 aromatic heterocycles. The third kappa shape index (κ3) is 3.10. The number of fused-ring (bicyclic) bond motifs is 1. The number of nitrogens with zero attached hydrogens (tertiary/aromatic N) is 2. The maximum absolute atomic E-state index is 5.74. The molecule has 23 heavy (non-hydrogen) atoms. The van der Waals surface area contributed by atoms with Gasteiger partial charge < -0.3 is 14.5 Å². The minimum atomic E-state index is 0.270. The van der Waals surface area contributed by atoms with Gasteiger partial charge in [0.2, 0.25) is 11.8 Å². The molecule has 0 atom stereocenters. The van der Waals surface area contributed by atoms with Crippen molar-refractivity contribution < 1.29 is 9.15 Å². The van der Waals surface area contributed by atoms with Crippen molar-refractivity contribution in [2.24, 2.45) is 0 Å². The maximum atomic E-state index is 5.74. The summed E-state index contributed by atoms with van der Waals surface area (Å²) in [6.45, 7) is 2.15. The summed E-state index contributed by atoms with van der Waals surface area (Å²) in [6, 6.07) is 13.5. The first-order chi connectivity index (χ1) is 11.4. The Morgan fingerprint density at radius 3 is 2.91 bits per heavy atom. The van der Waals surface area contributed by atoms with Crippen LogP contribution in [-0.2, 0) is 6.61 Å². The molecular formula is C18H17N3O2. The quantitative estimate of drug-likeness (QED) is 0.802. The van der Waals surface area contributed by atoms with E-state index in [0.29, 0.717) is 11.8 Å². The summed E-state index contributed by atoms with van der Waals surface area (Å²) in [6.07, 6.45) is 3.16. The lowest BCUT2D eigenvalue weighted by Gasteiger charge is -2.14. The van der Waals surface area contributed by atoms with E-state index in [1.807, 2.05) is 42.5 Å². The summed E-state index contributed by atoms with van der Waals surface area (Å²) in [5.41, 5.74) is 3.85. The van der Waals surface area contributed by atoms with Crippen molar-refractivity contribution in [1.29, 1.82) is 0 Å². The summed E-state index contributed by atoms with van der Waals surface area (Å²) in [4.78, 5) is 8.98. The molecule has 3 heterocycles. The zero-order valence-electron chi connectivity index (χ0n) is 12.7. The molecule has 0 spiro atoms. The molecule has 1 aliphatic rings. The van der Waals surface area contributed by atoms with Crippen LogP contribution in [0.3, 0.4) is 0 Å². The van der Waals surface area contributed by atoms with E-state index >= 15 is 0 Å². The Hall–Kier alpha value is -2.66. The SMILES string of the molecule is C1=C(c2cccc(OCc3nc4ccccc4o3)n2)CCNC1. The van der Waals surface area contributed by atoms with Gasteiger partial charge in [0.25, 0.3) is 0 Å².